The van der Waals surface area contributed by atoms with E-state index in [1.54, 1.807) is 0 Å². The highest BCUT2D eigenvalue weighted by molar-refractivity contribution is 5.82. The largest absolute Gasteiger partial charge is 0.464 e. The Kier molecular flexibility index (Phi) is 5.37. The van der Waals surface area contributed by atoms with Crippen LogP contribution in [0.25, 0.3) is 0 Å². The number of rotatable bonds is 7. The Labute approximate surface area is 127 Å². The molecular formula is C17H26N2O2. The minimum atomic E-state index is -1.06. The van der Waals surface area contributed by atoms with Crippen molar-refractivity contribution in [1.82, 2.24) is 4.90 Å². The van der Waals surface area contributed by atoms with Crippen LogP contribution in [-0.4, -0.2) is 37.1 Å². The van der Waals surface area contributed by atoms with Gasteiger partial charge in [-0.15, -0.1) is 0 Å². The molecule has 0 amide bonds. The van der Waals surface area contributed by atoms with Gasteiger partial charge in [-0.25, -0.2) is 4.79 Å². The first-order valence-electron chi connectivity index (χ1n) is 7.80. The van der Waals surface area contributed by atoms with Gasteiger partial charge in [0.15, 0.2) is 0 Å². The zero-order chi connectivity index (χ0) is 15.3. The van der Waals surface area contributed by atoms with E-state index < -0.39 is 5.54 Å². The Morgan fingerprint density at radius 2 is 2.05 bits per heavy atom. The number of nitrogens with zero attached hydrogens (tertiary/aromatic N) is 1. The van der Waals surface area contributed by atoms with E-state index in [4.69, 9.17) is 10.5 Å². The molecule has 2 N–H and O–H groups in total. The number of benzene rings is 1. The van der Waals surface area contributed by atoms with Gasteiger partial charge in [0.1, 0.15) is 5.54 Å². The molecule has 1 aromatic rings. The summed E-state index contributed by atoms with van der Waals surface area (Å²) in [7, 11) is 2.11. The normalized spacial score (nSPS) is 18.1. The first-order chi connectivity index (χ1) is 10.1. The molecular weight excluding hydrogens is 264 g/mol. The molecule has 0 bridgehead atoms. The fourth-order valence-electron chi connectivity index (χ4n) is 2.72. The maximum absolute atomic E-state index is 12.4. The summed E-state index contributed by atoms with van der Waals surface area (Å²) < 4.78 is 5.21. The van der Waals surface area contributed by atoms with Crippen molar-refractivity contribution in [3.63, 3.8) is 0 Å². The molecule has 21 heavy (non-hydrogen) atoms. The van der Waals surface area contributed by atoms with Crippen molar-refractivity contribution >= 4 is 5.97 Å². The van der Waals surface area contributed by atoms with Crippen molar-refractivity contribution in [1.29, 1.82) is 0 Å². The van der Waals surface area contributed by atoms with Crippen molar-refractivity contribution < 1.29 is 9.53 Å². The highest BCUT2D eigenvalue weighted by atomic mass is 16.5. The highest BCUT2D eigenvalue weighted by Gasteiger charge is 2.38. The molecule has 0 aliphatic heterocycles. The van der Waals surface area contributed by atoms with Gasteiger partial charge in [-0.1, -0.05) is 36.8 Å². The second kappa shape index (κ2) is 7.05. The van der Waals surface area contributed by atoms with Crippen LogP contribution in [0.5, 0.6) is 0 Å². The van der Waals surface area contributed by atoms with Gasteiger partial charge in [0.25, 0.3) is 0 Å². The minimum absolute atomic E-state index is 0.335. The lowest BCUT2D eigenvalue weighted by Crippen LogP contribution is -2.49. The average molecular weight is 290 g/mol. The summed E-state index contributed by atoms with van der Waals surface area (Å²) in [5.74, 6) is -0.335. The zero-order valence-corrected chi connectivity index (χ0v) is 13.0. The van der Waals surface area contributed by atoms with Crippen molar-refractivity contribution in [3.05, 3.63) is 35.9 Å². The van der Waals surface area contributed by atoms with Crippen LogP contribution in [0.2, 0.25) is 0 Å². The molecule has 1 aliphatic carbocycles. The quantitative estimate of drug-likeness (QED) is 0.783. The van der Waals surface area contributed by atoms with Crippen molar-refractivity contribution in [2.75, 3.05) is 20.2 Å². The smallest absolute Gasteiger partial charge is 0.330 e. The first kappa shape index (κ1) is 16.0. The van der Waals surface area contributed by atoms with Crippen LogP contribution in [0.3, 0.4) is 0 Å². The SMILES string of the molecule is CCOC(=O)C(N)(CCN(C)C1CCC1)c1ccccc1. The second-order valence-corrected chi connectivity index (χ2v) is 5.87. The predicted octanol–water partition coefficient (Wildman–Crippen LogP) is 2.28. The second-order valence-electron chi connectivity index (χ2n) is 5.87. The summed E-state index contributed by atoms with van der Waals surface area (Å²) in [6.07, 6.45) is 4.37. The topological polar surface area (TPSA) is 55.6 Å². The van der Waals surface area contributed by atoms with Gasteiger partial charge in [-0.2, -0.15) is 0 Å². The number of hydrogen-bond donors (Lipinski definition) is 1. The van der Waals surface area contributed by atoms with E-state index >= 15 is 0 Å². The Morgan fingerprint density at radius 3 is 2.57 bits per heavy atom. The van der Waals surface area contributed by atoms with Gasteiger partial charge in [0, 0.05) is 12.6 Å². The number of esters is 1. The van der Waals surface area contributed by atoms with Crippen molar-refractivity contribution in [2.24, 2.45) is 5.73 Å². The summed E-state index contributed by atoms with van der Waals surface area (Å²) in [6, 6.07) is 10.2. The lowest BCUT2D eigenvalue weighted by atomic mass is 9.86. The van der Waals surface area contributed by atoms with Crippen LogP contribution in [-0.2, 0) is 15.1 Å². The fraction of sp³-hybridized carbons (Fsp3) is 0.588. The van der Waals surface area contributed by atoms with Gasteiger partial charge < -0.3 is 15.4 Å². The van der Waals surface area contributed by atoms with Gasteiger partial charge >= 0.3 is 5.97 Å². The molecule has 0 spiro atoms. The molecule has 1 aliphatic rings. The van der Waals surface area contributed by atoms with Gasteiger partial charge in [0.05, 0.1) is 6.61 Å². The highest BCUT2D eigenvalue weighted by Crippen LogP contribution is 2.28. The number of hydrogen-bond acceptors (Lipinski definition) is 4. The van der Waals surface area contributed by atoms with Gasteiger partial charge in [-0.05, 0) is 38.8 Å². The Morgan fingerprint density at radius 1 is 1.38 bits per heavy atom. The molecule has 1 unspecified atom stereocenters. The maximum Gasteiger partial charge on any atom is 0.330 e. The molecule has 0 saturated heterocycles. The van der Waals surface area contributed by atoms with E-state index in [-0.39, 0.29) is 5.97 Å². The summed E-state index contributed by atoms with van der Waals surface area (Å²) >= 11 is 0. The van der Waals surface area contributed by atoms with Gasteiger partial charge in [-0.3, -0.25) is 0 Å². The number of ether oxygens (including phenoxy) is 1. The van der Waals surface area contributed by atoms with Crippen LogP contribution in [0.1, 0.15) is 38.2 Å². The monoisotopic (exact) mass is 290 g/mol. The molecule has 0 radical (unpaired) electrons. The molecule has 0 aromatic heterocycles. The summed E-state index contributed by atoms with van der Waals surface area (Å²) in [4.78, 5) is 14.7. The Balaban J connectivity index is 2.09. The number of carbonyl (C=O) groups excluding carboxylic acids is 1. The minimum Gasteiger partial charge on any atom is -0.464 e. The molecule has 116 valence electrons. The summed E-state index contributed by atoms with van der Waals surface area (Å²) in [5.41, 5.74) is 6.22. The number of nitrogens with two attached hydrogens (primary N) is 1. The molecule has 1 saturated carbocycles. The average Bonchev–Trinajstić information content (AvgIpc) is 2.44. The van der Waals surface area contributed by atoms with E-state index in [1.165, 1.54) is 19.3 Å². The third-order valence-electron chi connectivity index (χ3n) is 4.49. The van der Waals surface area contributed by atoms with E-state index in [0.717, 1.165) is 12.1 Å². The van der Waals surface area contributed by atoms with Crippen LogP contribution < -0.4 is 5.73 Å². The summed E-state index contributed by atoms with van der Waals surface area (Å²) in [5, 5.41) is 0. The van der Waals surface area contributed by atoms with Crippen molar-refractivity contribution in [2.45, 2.75) is 44.2 Å². The molecule has 1 atom stereocenters. The van der Waals surface area contributed by atoms with Crippen LogP contribution in [0.4, 0.5) is 0 Å². The molecule has 4 nitrogen and oxygen atoms in total. The molecule has 2 rings (SSSR count). The lowest BCUT2D eigenvalue weighted by Gasteiger charge is -2.37. The van der Waals surface area contributed by atoms with Crippen LogP contribution in [0, 0.1) is 0 Å². The van der Waals surface area contributed by atoms with Crippen molar-refractivity contribution in [3.8, 4) is 0 Å². The molecule has 0 heterocycles. The first-order valence-corrected chi connectivity index (χ1v) is 7.80. The maximum atomic E-state index is 12.4. The molecule has 1 aromatic carbocycles. The third kappa shape index (κ3) is 3.63. The lowest BCUT2D eigenvalue weighted by molar-refractivity contribution is -0.150. The number of carbonyl (C=O) groups is 1. The zero-order valence-electron chi connectivity index (χ0n) is 13.0. The third-order valence-corrected chi connectivity index (χ3v) is 4.49. The van der Waals surface area contributed by atoms with E-state index in [2.05, 4.69) is 11.9 Å². The van der Waals surface area contributed by atoms with Crippen LogP contribution in [0.15, 0.2) is 30.3 Å². The predicted molar refractivity (Wildman–Crippen MR) is 83.8 cm³/mol. The standard InChI is InChI=1S/C17H26N2O2/c1-3-21-16(20)17(18,14-8-5-4-6-9-14)12-13-19(2)15-10-7-11-15/h4-6,8-9,15H,3,7,10-13,18H2,1-2H3. The molecule has 1 fully saturated rings. The fourth-order valence-corrected chi connectivity index (χ4v) is 2.72. The van der Waals surface area contributed by atoms with Gasteiger partial charge in [0.2, 0.25) is 0 Å². The van der Waals surface area contributed by atoms with E-state index in [9.17, 15) is 4.79 Å². The molecule has 4 heteroatoms. The Bertz CT molecular complexity index is 459. The van der Waals surface area contributed by atoms with Crippen LogP contribution >= 0.6 is 0 Å². The summed E-state index contributed by atoms with van der Waals surface area (Å²) in [6.45, 7) is 2.96. The van der Waals surface area contributed by atoms with E-state index in [1.807, 2.05) is 37.3 Å². The Hall–Kier alpha value is -1.39. The van der Waals surface area contributed by atoms with E-state index in [0.29, 0.717) is 19.1 Å².